The molecule has 4 aliphatic rings. The lowest BCUT2D eigenvalue weighted by atomic mass is 9.36. The summed E-state index contributed by atoms with van der Waals surface area (Å²) in [7, 11) is 0. The molecule has 76 heavy (non-hydrogen) atoms. The number of nitrogens with zero attached hydrogens (tertiary/aromatic N) is 3. The van der Waals surface area contributed by atoms with Crippen LogP contribution in [0.5, 0.6) is 0 Å². The molecule has 380 valence electrons. The van der Waals surface area contributed by atoms with Crippen LogP contribution < -0.4 is 30.4 Å². The number of benzene rings is 8. The number of thiophene rings is 1. The van der Waals surface area contributed by atoms with Gasteiger partial charge < -0.3 is 14.7 Å². The van der Waals surface area contributed by atoms with Crippen LogP contribution in [0, 0.1) is 6.92 Å². The van der Waals surface area contributed by atoms with Crippen molar-refractivity contribution < 1.29 is 0 Å². The van der Waals surface area contributed by atoms with E-state index in [1.165, 1.54) is 117 Å². The van der Waals surface area contributed by atoms with Crippen LogP contribution in [0.3, 0.4) is 0 Å². The van der Waals surface area contributed by atoms with Crippen molar-refractivity contribution in [2.75, 3.05) is 14.7 Å². The molecule has 3 nitrogen and oxygen atoms in total. The molecule has 2 atom stereocenters. The van der Waals surface area contributed by atoms with Gasteiger partial charge in [-0.1, -0.05) is 191 Å². The zero-order valence-corrected chi connectivity index (χ0v) is 47.6. The molecule has 9 aromatic rings. The van der Waals surface area contributed by atoms with Crippen molar-refractivity contribution in [3.63, 3.8) is 0 Å². The molecule has 5 heteroatoms. The number of hydrogen-bond acceptors (Lipinski definition) is 4. The van der Waals surface area contributed by atoms with Crippen LogP contribution in [0.25, 0.3) is 32.3 Å². The van der Waals surface area contributed by atoms with E-state index < -0.39 is 0 Å². The molecule has 4 heterocycles. The van der Waals surface area contributed by atoms with E-state index in [-0.39, 0.29) is 33.9 Å². The van der Waals surface area contributed by atoms with Gasteiger partial charge in [0.1, 0.15) is 0 Å². The van der Waals surface area contributed by atoms with Crippen LogP contribution in [-0.2, 0) is 21.7 Å². The molecular weight excluding hydrogens is 938 g/mol. The van der Waals surface area contributed by atoms with Crippen LogP contribution in [0.1, 0.15) is 130 Å². The lowest BCUT2D eigenvalue weighted by molar-refractivity contribution is 0.195. The number of aryl methyl sites for hydroxylation is 1. The molecule has 0 N–H and O–H groups in total. The summed E-state index contributed by atoms with van der Waals surface area (Å²) in [6.07, 6.45) is 4.72. The summed E-state index contributed by atoms with van der Waals surface area (Å²) in [5, 5.41) is 1.30. The second kappa shape index (κ2) is 17.1. The molecule has 1 fully saturated rings. The predicted molar refractivity (Wildman–Crippen MR) is 330 cm³/mol. The van der Waals surface area contributed by atoms with Crippen LogP contribution in [0.15, 0.2) is 170 Å². The normalized spacial score (nSPS) is 18.6. The van der Waals surface area contributed by atoms with Crippen molar-refractivity contribution in [3.05, 3.63) is 198 Å². The Labute approximate surface area is 457 Å². The fourth-order valence-corrected chi connectivity index (χ4v) is 15.2. The SMILES string of the molecule is Cc1ccccc1-c1cc2c3c(c1)C1(C)CCCCC1(C)N3c1cc(N(c3ccc(C(C)(C)C)cc3)c3ccc(C(C)(C)C)cc3)cc3c1B2c1sc2ccccc2c1N3c1ccc(C(C)(C)C)cc1-c1ccccc1. The van der Waals surface area contributed by atoms with Gasteiger partial charge in [-0.05, 0) is 159 Å². The first-order valence-electron chi connectivity index (χ1n) is 28.0. The molecule has 13 rings (SSSR count). The average Bonchev–Trinajstić information content (AvgIpc) is 3.41. The second-order valence-corrected chi connectivity index (χ2v) is 27.3. The summed E-state index contributed by atoms with van der Waals surface area (Å²) >= 11 is 2.01. The monoisotopic (exact) mass is 1010 g/mol. The van der Waals surface area contributed by atoms with Crippen LogP contribution in [0.4, 0.5) is 45.5 Å². The Morgan fingerprint density at radius 2 is 1.11 bits per heavy atom. The van der Waals surface area contributed by atoms with Crippen LogP contribution in [0.2, 0.25) is 0 Å². The van der Waals surface area contributed by atoms with Gasteiger partial charge in [-0.2, -0.15) is 0 Å². The summed E-state index contributed by atoms with van der Waals surface area (Å²) in [6.45, 7) is 28.5. The molecule has 1 saturated carbocycles. The maximum Gasteiger partial charge on any atom is 0.264 e. The summed E-state index contributed by atoms with van der Waals surface area (Å²) in [5.41, 5.74) is 24.5. The van der Waals surface area contributed by atoms with Gasteiger partial charge in [0.05, 0.1) is 22.6 Å². The van der Waals surface area contributed by atoms with Gasteiger partial charge in [0.15, 0.2) is 0 Å². The summed E-state index contributed by atoms with van der Waals surface area (Å²) in [4.78, 5) is 8.19. The molecule has 0 amide bonds. The van der Waals surface area contributed by atoms with Crippen molar-refractivity contribution in [1.29, 1.82) is 0 Å². The van der Waals surface area contributed by atoms with Crippen molar-refractivity contribution in [1.82, 2.24) is 0 Å². The van der Waals surface area contributed by atoms with Crippen molar-refractivity contribution in [2.45, 2.75) is 136 Å². The highest BCUT2D eigenvalue weighted by Gasteiger charge is 2.62. The number of fused-ring (bicyclic) bond motifs is 9. The third-order valence-electron chi connectivity index (χ3n) is 18.4. The van der Waals surface area contributed by atoms with Crippen molar-refractivity contribution in [2.24, 2.45) is 0 Å². The van der Waals surface area contributed by atoms with E-state index in [0.29, 0.717) is 0 Å². The minimum absolute atomic E-state index is 0.00336. The van der Waals surface area contributed by atoms with Gasteiger partial charge in [-0.3, -0.25) is 0 Å². The Morgan fingerprint density at radius 1 is 0.513 bits per heavy atom. The lowest BCUT2D eigenvalue weighted by Gasteiger charge is -2.52. The Hall–Kier alpha value is -6.82. The standard InChI is InChI=1S/C71H72BN3S/c1-45-22-16-17-25-54(45)47-40-57-65-58(41-47)72-63-60(74(64-55-26-18-19-27-62(55)76-66(64)72)59-37-32-50(69(8,9)10)42-56(59)46-23-14-13-15-24-46)43-53(44-61(63)75(65)71(12)39-21-20-38-70(57,71)11)73(51-33-28-48(29-34-51)67(2,3)4)52-35-30-49(31-36-52)68(5,6)7/h13-19,22-37,40-44H,20-21,38-39H2,1-12H3. The highest BCUT2D eigenvalue weighted by atomic mass is 32.1. The van der Waals surface area contributed by atoms with Crippen molar-refractivity contribution >= 4 is 89.3 Å². The molecule has 0 saturated heterocycles. The quantitative estimate of drug-likeness (QED) is 0.154. The predicted octanol–water partition coefficient (Wildman–Crippen LogP) is 18.3. The smallest absolute Gasteiger partial charge is 0.264 e. The summed E-state index contributed by atoms with van der Waals surface area (Å²) in [6, 6.07) is 66.1. The molecule has 3 aliphatic heterocycles. The topological polar surface area (TPSA) is 9.72 Å². The highest BCUT2D eigenvalue weighted by Crippen LogP contribution is 2.63. The largest absolute Gasteiger partial charge is 0.335 e. The van der Waals surface area contributed by atoms with Gasteiger partial charge in [0.25, 0.3) is 6.71 Å². The Balaban J connectivity index is 1.19. The Morgan fingerprint density at radius 3 is 1.76 bits per heavy atom. The maximum atomic E-state index is 2.91. The van der Waals surface area contributed by atoms with E-state index in [1.807, 2.05) is 11.3 Å². The van der Waals surface area contributed by atoms with Crippen LogP contribution in [-0.4, -0.2) is 12.3 Å². The zero-order valence-electron chi connectivity index (χ0n) is 46.8. The highest BCUT2D eigenvalue weighted by molar-refractivity contribution is 7.33. The lowest BCUT2D eigenvalue weighted by Crippen LogP contribution is -2.64. The van der Waals surface area contributed by atoms with E-state index in [0.717, 1.165) is 29.9 Å². The summed E-state index contributed by atoms with van der Waals surface area (Å²) in [5.74, 6) is 0. The Kier molecular flexibility index (Phi) is 11.0. The minimum Gasteiger partial charge on any atom is -0.335 e. The van der Waals surface area contributed by atoms with E-state index in [1.54, 1.807) is 0 Å². The molecule has 0 bridgehead atoms. The minimum atomic E-state index is -0.174. The molecular formula is C71H72BN3S. The first kappa shape index (κ1) is 48.8. The van der Waals surface area contributed by atoms with Gasteiger partial charge >= 0.3 is 0 Å². The van der Waals surface area contributed by atoms with E-state index in [9.17, 15) is 0 Å². The van der Waals surface area contributed by atoms with E-state index in [4.69, 9.17) is 0 Å². The fraction of sp³-hybridized carbons (Fsp3) is 0.296. The molecule has 1 aliphatic carbocycles. The van der Waals surface area contributed by atoms with Gasteiger partial charge in [-0.15, -0.1) is 11.3 Å². The molecule has 0 spiro atoms. The first-order valence-corrected chi connectivity index (χ1v) is 28.8. The number of anilines is 8. The van der Waals surface area contributed by atoms with Gasteiger partial charge in [0.2, 0.25) is 0 Å². The molecule has 1 aromatic heterocycles. The fourth-order valence-electron chi connectivity index (χ4n) is 13.9. The van der Waals surface area contributed by atoms with Crippen LogP contribution >= 0.6 is 11.3 Å². The third-order valence-corrected chi connectivity index (χ3v) is 19.6. The van der Waals surface area contributed by atoms with Gasteiger partial charge in [0, 0.05) is 54.3 Å². The molecule has 2 unspecified atom stereocenters. The maximum absolute atomic E-state index is 2.91. The number of rotatable bonds is 6. The van der Waals surface area contributed by atoms with Crippen molar-refractivity contribution in [3.8, 4) is 22.3 Å². The second-order valence-electron chi connectivity index (χ2n) is 26.2. The third kappa shape index (κ3) is 7.34. The van der Waals surface area contributed by atoms with E-state index in [2.05, 4.69) is 268 Å². The first-order chi connectivity index (χ1) is 36.2. The molecule has 8 aromatic carbocycles. The average molecular weight is 1010 g/mol. The summed E-state index contributed by atoms with van der Waals surface area (Å²) < 4.78 is 2.74. The molecule has 0 radical (unpaired) electrons. The number of hydrogen-bond donors (Lipinski definition) is 0. The van der Waals surface area contributed by atoms with E-state index >= 15 is 0 Å². The zero-order chi connectivity index (χ0) is 52.8. The Bertz CT molecular complexity index is 3720. The van der Waals surface area contributed by atoms with Gasteiger partial charge in [-0.25, -0.2) is 0 Å².